The van der Waals surface area contributed by atoms with E-state index in [0.717, 1.165) is 11.6 Å². The van der Waals surface area contributed by atoms with Crippen LogP contribution < -0.4 is 9.61 Å². The summed E-state index contributed by atoms with van der Waals surface area (Å²) in [7, 11) is -4.39. The summed E-state index contributed by atoms with van der Waals surface area (Å²) in [6.07, 6.45) is 0. The van der Waals surface area contributed by atoms with E-state index in [9.17, 15) is 23.3 Å². The molecule has 0 saturated heterocycles. The number of hydrogen-bond acceptors (Lipinski definition) is 7. The summed E-state index contributed by atoms with van der Waals surface area (Å²) in [6, 6.07) is 5.71. The molecule has 1 aromatic heterocycles. The van der Waals surface area contributed by atoms with E-state index in [1.807, 2.05) is 6.92 Å². The quantitative estimate of drug-likeness (QED) is 0.260. The fraction of sp³-hybridized carbons (Fsp3) is 0.286. The minimum absolute atomic E-state index is 0.0598. The van der Waals surface area contributed by atoms with E-state index in [-0.39, 0.29) is 32.0 Å². The van der Waals surface area contributed by atoms with Crippen LogP contribution >= 0.6 is 15.9 Å². The summed E-state index contributed by atoms with van der Waals surface area (Å²) in [6.45, 7) is 8.59. The first-order valence-corrected chi connectivity index (χ1v) is 11.5. The van der Waals surface area contributed by atoms with Gasteiger partial charge in [-0.3, -0.25) is 14.9 Å². The minimum atomic E-state index is -4.39. The van der Waals surface area contributed by atoms with Crippen molar-refractivity contribution >= 4 is 42.7 Å². The molecule has 8 nitrogen and oxygen atoms in total. The molecule has 0 fully saturated rings. The van der Waals surface area contributed by atoms with Gasteiger partial charge in [0.25, 0.3) is 0 Å². The fourth-order valence-electron chi connectivity index (χ4n) is 3.55. The highest BCUT2D eigenvalue weighted by Gasteiger charge is 2.31. The predicted octanol–water partition coefficient (Wildman–Crippen LogP) is 5.28. The second kappa shape index (κ2) is 8.08. The number of benzene rings is 2. The predicted molar refractivity (Wildman–Crippen MR) is 119 cm³/mol. The lowest BCUT2D eigenvalue weighted by Crippen LogP contribution is -2.15. The molecule has 0 amide bonds. The van der Waals surface area contributed by atoms with Gasteiger partial charge in [0, 0.05) is 5.92 Å². The lowest BCUT2D eigenvalue weighted by molar-refractivity contribution is -0.384. The van der Waals surface area contributed by atoms with E-state index in [4.69, 9.17) is 8.60 Å². The molecule has 0 unspecified atom stereocenters. The Labute approximate surface area is 187 Å². The molecule has 0 N–H and O–H groups in total. The average Bonchev–Trinajstić information content (AvgIpc) is 2.62. The first-order valence-electron chi connectivity index (χ1n) is 9.31. The van der Waals surface area contributed by atoms with E-state index < -0.39 is 31.9 Å². The Morgan fingerprint density at radius 3 is 2.23 bits per heavy atom. The maximum absolute atomic E-state index is 13.0. The van der Waals surface area contributed by atoms with Crippen LogP contribution in [0, 0.1) is 30.9 Å². The van der Waals surface area contributed by atoms with Gasteiger partial charge in [-0.1, -0.05) is 31.5 Å². The van der Waals surface area contributed by atoms with Crippen LogP contribution in [0.1, 0.15) is 42.2 Å². The Morgan fingerprint density at radius 2 is 1.71 bits per heavy atom. The molecule has 0 aliphatic heterocycles. The van der Waals surface area contributed by atoms with E-state index in [0.29, 0.717) is 11.1 Å². The van der Waals surface area contributed by atoms with Crippen LogP contribution in [0.4, 0.5) is 5.69 Å². The Balaban J connectivity index is 2.29. The number of halogens is 1. The minimum Gasteiger partial charge on any atom is -0.452 e. The van der Waals surface area contributed by atoms with Gasteiger partial charge in [-0.2, -0.15) is 8.42 Å². The lowest BCUT2D eigenvalue weighted by atomic mass is 10.1. The van der Waals surface area contributed by atoms with Gasteiger partial charge < -0.3 is 8.60 Å². The van der Waals surface area contributed by atoms with Crippen LogP contribution in [0.15, 0.2) is 42.8 Å². The van der Waals surface area contributed by atoms with Crippen molar-refractivity contribution < 1.29 is 21.9 Å². The average molecular weight is 510 g/mol. The summed E-state index contributed by atoms with van der Waals surface area (Å²) in [5.74, 6) is -0.569. The number of hydrogen-bond donors (Lipinski definition) is 0. The molecule has 10 heteroatoms. The number of aryl methyl sites for hydroxylation is 3. The Hall–Kier alpha value is -2.72. The molecular weight excluding hydrogens is 490 g/mol. The van der Waals surface area contributed by atoms with Crippen molar-refractivity contribution in [2.24, 2.45) is 0 Å². The summed E-state index contributed by atoms with van der Waals surface area (Å²) in [5, 5.41) is 11.8. The molecule has 1 heterocycles. The number of nitrogens with zero attached hydrogens (tertiary/aromatic N) is 1. The maximum atomic E-state index is 13.0. The largest absolute Gasteiger partial charge is 0.452 e. The van der Waals surface area contributed by atoms with Gasteiger partial charge in [0.2, 0.25) is 16.8 Å². The zero-order valence-corrected chi connectivity index (χ0v) is 19.9. The zero-order valence-electron chi connectivity index (χ0n) is 17.5. The Morgan fingerprint density at radius 1 is 1.13 bits per heavy atom. The van der Waals surface area contributed by atoms with Crippen LogP contribution in [0.5, 0.6) is 5.75 Å². The highest BCUT2D eigenvalue weighted by atomic mass is 79.9. The molecule has 0 radical (unpaired) electrons. The monoisotopic (exact) mass is 509 g/mol. The standard InChI is InChI=1S/C21H20BrNO7S/c1-10(2)19-16(22)18(24)14-6-7-15(17(23(25)26)20(14)29-19)30-31(27,28)21-12(4)8-11(3)9-13(21)5/h6-10H,1-5H3. The Kier molecular flexibility index (Phi) is 5.98. The third-order valence-electron chi connectivity index (χ3n) is 4.73. The molecule has 0 aliphatic carbocycles. The molecule has 3 rings (SSSR count). The Bertz CT molecular complexity index is 1370. The summed E-state index contributed by atoms with van der Waals surface area (Å²) in [5.41, 5.74) is 0.228. The topological polar surface area (TPSA) is 117 Å². The van der Waals surface area contributed by atoms with Crippen molar-refractivity contribution in [3.05, 3.63) is 71.5 Å². The van der Waals surface area contributed by atoms with E-state index in [2.05, 4.69) is 15.9 Å². The van der Waals surface area contributed by atoms with Crippen molar-refractivity contribution in [2.75, 3.05) is 0 Å². The van der Waals surface area contributed by atoms with Crippen molar-refractivity contribution in [1.82, 2.24) is 0 Å². The van der Waals surface area contributed by atoms with Crippen LogP contribution in [0.2, 0.25) is 0 Å². The molecule has 0 spiro atoms. The number of fused-ring (bicyclic) bond motifs is 1. The van der Waals surface area contributed by atoms with Crippen molar-refractivity contribution in [3.63, 3.8) is 0 Å². The van der Waals surface area contributed by atoms with Crippen molar-refractivity contribution in [3.8, 4) is 5.75 Å². The third-order valence-corrected chi connectivity index (χ3v) is 7.02. The summed E-state index contributed by atoms with van der Waals surface area (Å²) in [4.78, 5) is 23.7. The van der Waals surface area contributed by atoms with Crippen LogP contribution in [0.3, 0.4) is 0 Å². The van der Waals surface area contributed by atoms with E-state index in [1.54, 1.807) is 39.8 Å². The lowest BCUT2D eigenvalue weighted by Gasteiger charge is -2.14. The molecule has 0 aliphatic rings. The molecule has 0 saturated carbocycles. The summed E-state index contributed by atoms with van der Waals surface area (Å²) >= 11 is 3.18. The third kappa shape index (κ3) is 4.09. The van der Waals surface area contributed by atoms with Crippen molar-refractivity contribution in [2.45, 2.75) is 45.4 Å². The second-order valence-electron chi connectivity index (χ2n) is 7.58. The van der Waals surface area contributed by atoms with Crippen molar-refractivity contribution in [1.29, 1.82) is 0 Å². The van der Waals surface area contributed by atoms with Crippen LogP contribution in [-0.4, -0.2) is 13.3 Å². The zero-order chi connectivity index (χ0) is 23.2. The second-order valence-corrected chi connectivity index (χ2v) is 9.85. The molecular formula is C21H20BrNO7S. The molecule has 0 bridgehead atoms. The number of rotatable bonds is 5. The molecule has 3 aromatic rings. The summed E-state index contributed by atoms with van der Waals surface area (Å²) < 4.78 is 37.1. The van der Waals surface area contributed by atoms with Gasteiger partial charge in [-0.15, -0.1) is 0 Å². The first-order chi connectivity index (χ1) is 14.3. The van der Waals surface area contributed by atoms with E-state index in [1.165, 1.54) is 6.07 Å². The van der Waals surface area contributed by atoms with Gasteiger partial charge in [-0.05, 0) is 60.0 Å². The number of nitro benzene ring substituents is 1. The van der Waals surface area contributed by atoms with Crippen LogP contribution in [0.25, 0.3) is 11.0 Å². The SMILES string of the molecule is Cc1cc(C)c(S(=O)(=O)Oc2ccc3c(=O)c(Br)c(C(C)C)oc3c2[N+](=O)[O-])c(C)c1. The molecule has 0 atom stereocenters. The molecule has 164 valence electrons. The fourth-order valence-corrected chi connectivity index (χ4v) is 5.67. The highest BCUT2D eigenvalue weighted by Crippen LogP contribution is 2.39. The van der Waals surface area contributed by atoms with Gasteiger partial charge >= 0.3 is 15.8 Å². The van der Waals surface area contributed by atoms with Gasteiger partial charge in [-0.25, -0.2) is 0 Å². The smallest absolute Gasteiger partial charge is 0.355 e. The molecule has 2 aromatic carbocycles. The van der Waals surface area contributed by atoms with Crippen LogP contribution in [-0.2, 0) is 10.1 Å². The van der Waals surface area contributed by atoms with E-state index >= 15 is 0 Å². The first kappa shape index (κ1) is 23.0. The maximum Gasteiger partial charge on any atom is 0.355 e. The van der Waals surface area contributed by atoms with Gasteiger partial charge in [0.1, 0.15) is 15.1 Å². The van der Waals surface area contributed by atoms with Gasteiger partial charge in [0.05, 0.1) is 10.3 Å². The molecule has 31 heavy (non-hydrogen) atoms. The highest BCUT2D eigenvalue weighted by molar-refractivity contribution is 9.10. The number of nitro groups is 1. The van der Waals surface area contributed by atoms with Gasteiger partial charge in [0.15, 0.2) is 0 Å². The normalized spacial score (nSPS) is 11.8.